The zero-order valence-corrected chi connectivity index (χ0v) is 20.0. The number of fused-ring (bicyclic) bond motifs is 1. The summed E-state index contributed by atoms with van der Waals surface area (Å²) >= 11 is 6.02. The first-order valence-electron chi connectivity index (χ1n) is 9.70. The molecule has 1 aliphatic heterocycles. The zero-order valence-electron chi connectivity index (χ0n) is 16.9. The molecule has 0 spiro atoms. The minimum atomic E-state index is -0.124. The van der Waals surface area contributed by atoms with Gasteiger partial charge < -0.3 is 24.6 Å². The van der Waals surface area contributed by atoms with Crippen molar-refractivity contribution < 1.29 is 14.0 Å². The lowest BCUT2D eigenvalue weighted by molar-refractivity contribution is 0.0936. The Balaban J connectivity index is 0.00000272. The van der Waals surface area contributed by atoms with Crippen LogP contribution in [-0.4, -0.2) is 41.9 Å². The van der Waals surface area contributed by atoms with E-state index in [0.717, 1.165) is 17.1 Å². The summed E-state index contributed by atoms with van der Waals surface area (Å²) in [4.78, 5) is 8.90. The highest BCUT2D eigenvalue weighted by Crippen LogP contribution is 2.30. The Morgan fingerprint density at radius 3 is 2.81 bits per heavy atom. The van der Waals surface area contributed by atoms with Gasteiger partial charge in [0.05, 0.1) is 6.54 Å². The van der Waals surface area contributed by atoms with E-state index in [-0.39, 0.29) is 36.6 Å². The van der Waals surface area contributed by atoms with E-state index in [1.54, 1.807) is 12.1 Å². The standard InChI is InChI=1S/C21H22ClN5O3.HI/c1-2-23-21(24-11-16-13-28-17-8-3-4-9-18(17)29-16)25-12-19-26-20(27-30-19)14-6-5-7-15(22)10-14;/h3-10,16H,2,11-13H2,1H3,(H2,23,24,25);1H. The number of benzene rings is 2. The van der Waals surface area contributed by atoms with Crippen LogP contribution >= 0.6 is 35.6 Å². The van der Waals surface area contributed by atoms with Crippen LogP contribution in [0, 0.1) is 0 Å². The molecule has 31 heavy (non-hydrogen) atoms. The number of nitrogens with one attached hydrogen (secondary N) is 2. The first-order chi connectivity index (χ1) is 14.7. The molecule has 0 amide bonds. The maximum absolute atomic E-state index is 6.02. The van der Waals surface area contributed by atoms with Crippen LogP contribution in [0.5, 0.6) is 11.5 Å². The average molecular weight is 556 g/mol. The molecule has 1 aromatic heterocycles. The summed E-state index contributed by atoms with van der Waals surface area (Å²) in [5, 5.41) is 11.1. The molecule has 2 N–H and O–H groups in total. The van der Waals surface area contributed by atoms with E-state index in [1.807, 2.05) is 43.3 Å². The van der Waals surface area contributed by atoms with E-state index in [4.69, 9.17) is 25.6 Å². The van der Waals surface area contributed by atoms with Crippen molar-refractivity contribution in [3.05, 3.63) is 59.4 Å². The van der Waals surface area contributed by atoms with Crippen molar-refractivity contribution in [1.82, 2.24) is 20.8 Å². The highest BCUT2D eigenvalue weighted by molar-refractivity contribution is 14.0. The zero-order chi connectivity index (χ0) is 20.8. The van der Waals surface area contributed by atoms with Gasteiger partial charge in [0.1, 0.15) is 19.3 Å². The number of para-hydroxylation sites is 2. The number of aromatic nitrogens is 2. The smallest absolute Gasteiger partial charge is 0.248 e. The summed E-state index contributed by atoms with van der Waals surface area (Å²) < 4.78 is 17.0. The molecule has 0 aliphatic carbocycles. The normalized spacial score (nSPS) is 15.2. The van der Waals surface area contributed by atoms with E-state index in [9.17, 15) is 0 Å². The van der Waals surface area contributed by atoms with Crippen LogP contribution in [0.3, 0.4) is 0 Å². The van der Waals surface area contributed by atoms with Gasteiger partial charge in [-0.15, -0.1) is 24.0 Å². The fourth-order valence-electron chi connectivity index (χ4n) is 2.93. The third-order valence-electron chi connectivity index (χ3n) is 4.33. The number of ether oxygens (including phenoxy) is 2. The number of guanidine groups is 1. The SMILES string of the molecule is CCNC(=NCc1nc(-c2cccc(Cl)c2)no1)NCC1COc2ccccc2O1.I. The fraction of sp³-hybridized carbons (Fsp3) is 0.286. The van der Waals surface area contributed by atoms with Gasteiger partial charge in [-0.05, 0) is 31.2 Å². The second-order valence-corrected chi connectivity index (χ2v) is 7.03. The Bertz CT molecular complexity index is 1030. The van der Waals surface area contributed by atoms with Gasteiger partial charge in [-0.2, -0.15) is 4.98 Å². The van der Waals surface area contributed by atoms with Crippen molar-refractivity contribution >= 4 is 41.5 Å². The Morgan fingerprint density at radius 1 is 1.16 bits per heavy atom. The molecule has 0 saturated carbocycles. The number of nitrogens with zero attached hydrogens (tertiary/aromatic N) is 3. The van der Waals surface area contributed by atoms with Gasteiger partial charge >= 0.3 is 0 Å². The Morgan fingerprint density at radius 2 is 2.00 bits per heavy atom. The molecule has 8 nitrogen and oxygen atoms in total. The summed E-state index contributed by atoms with van der Waals surface area (Å²) in [5.41, 5.74) is 0.793. The average Bonchev–Trinajstić information content (AvgIpc) is 3.25. The molecule has 0 fully saturated rings. The molecule has 2 heterocycles. The highest BCUT2D eigenvalue weighted by Gasteiger charge is 2.20. The van der Waals surface area contributed by atoms with Crippen molar-refractivity contribution in [2.45, 2.75) is 19.6 Å². The highest BCUT2D eigenvalue weighted by atomic mass is 127. The van der Waals surface area contributed by atoms with Crippen molar-refractivity contribution in [3.8, 4) is 22.9 Å². The second-order valence-electron chi connectivity index (χ2n) is 6.60. The van der Waals surface area contributed by atoms with Crippen LogP contribution in [0.1, 0.15) is 12.8 Å². The summed E-state index contributed by atoms with van der Waals surface area (Å²) in [7, 11) is 0. The number of hydrogen-bond acceptors (Lipinski definition) is 6. The van der Waals surface area contributed by atoms with Crippen molar-refractivity contribution in [3.63, 3.8) is 0 Å². The van der Waals surface area contributed by atoms with Crippen LogP contribution in [0.25, 0.3) is 11.4 Å². The first-order valence-corrected chi connectivity index (χ1v) is 10.1. The maximum atomic E-state index is 6.02. The summed E-state index contributed by atoms with van der Waals surface area (Å²) in [6.07, 6.45) is -0.124. The van der Waals surface area contributed by atoms with E-state index in [2.05, 4.69) is 25.8 Å². The molecule has 4 rings (SSSR count). The number of halogens is 2. The lowest BCUT2D eigenvalue weighted by atomic mass is 10.2. The largest absolute Gasteiger partial charge is 0.486 e. The minimum Gasteiger partial charge on any atom is -0.486 e. The molecule has 3 aromatic rings. The van der Waals surface area contributed by atoms with Gasteiger partial charge in [-0.1, -0.05) is 41.0 Å². The number of rotatable bonds is 6. The quantitative estimate of drug-likeness (QED) is 0.271. The van der Waals surface area contributed by atoms with Crippen LogP contribution in [-0.2, 0) is 6.54 Å². The molecular weight excluding hydrogens is 533 g/mol. The third kappa shape index (κ3) is 6.23. The Labute approximate surface area is 202 Å². The topological polar surface area (TPSA) is 93.8 Å². The molecule has 10 heteroatoms. The number of aliphatic imine (C=N–C) groups is 1. The lowest BCUT2D eigenvalue weighted by Gasteiger charge is -2.27. The van der Waals surface area contributed by atoms with Crippen LogP contribution in [0.4, 0.5) is 0 Å². The Hall–Kier alpha value is -2.53. The van der Waals surface area contributed by atoms with E-state index >= 15 is 0 Å². The summed E-state index contributed by atoms with van der Waals surface area (Å²) in [5.74, 6) is 3.03. The van der Waals surface area contributed by atoms with E-state index in [1.165, 1.54) is 0 Å². The molecule has 2 aromatic carbocycles. The summed E-state index contributed by atoms with van der Waals surface area (Å²) in [6.45, 7) is 3.97. The van der Waals surface area contributed by atoms with Crippen molar-refractivity contribution in [2.75, 3.05) is 19.7 Å². The van der Waals surface area contributed by atoms with Gasteiger partial charge in [-0.3, -0.25) is 0 Å². The van der Waals surface area contributed by atoms with Crippen molar-refractivity contribution in [2.24, 2.45) is 4.99 Å². The van der Waals surface area contributed by atoms with Crippen LogP contribution < -0.4 is 20.1 Å². The van der Waals surface area contributed by atoms with Crippen molar-refractivity contribution in [1.29, 1.82) is 0 Å². The Kier molecular flexibility index (Phi) is 8.35. The lowest BCUT2D eigenvalue weighted by Crippen LogP contribution is -2.45. The van der Waals surface area contributed by atoms with Gasteiger partial charge in [0, 0.05) is 17.1 Å². The second kappa shape index (κ2) is 11.2. The van der Waals surface area contributed by atoms with Gasteiger partial charge in [-0.25, -0.2) is 4.99 Å². The molecule has 0 radical (unpaired) electrons. The molecule has 1 aliphatic rings. The van der Waals surface area contributed by atoms with Gasteiger partial charge in [0.25, 0.3) is 0 Å². The minimum absolute atomic E-state index is 0. The summed E-state index contributed by atoms with van der Waals surface area (Å²) in [6, 6.07) is 14.9. The van der Waals surface area contributed by atoms with Gasteiger partial charge in [0.15, 0.2) is 17.5 Å². The predicted molar refractivity (Wildman–Crippen MR) is 129 cm³/mol. The molecule has 0 saturated heterocycles. The fourth-order valence-corrected chi connectivity index (χ4v) is 3.12. The monoisotopic (exact) mass is 555 g/mol. The maximum Gasteiger partial charge on any atom is 0.248 e. The third-order valence-corrected chi connectivity index (χ3v) is 4.57. The molecule has 1 atom stereocenters. The van der Waals surface area contributed by atoms with E-state index in [0.29, 0.717) is 42.4 Å². The molecule has 0 bridgehead atoms. The van der Waals surface area contributed by atoms with Crippen LogP contribution in [0.15, 0.2) is 58.0 Å². The first kappa shape index (κ1) is 23.1. The molecular formula is C21H23ClIN5O3. The molecule has 164 valence electrons. The van der Waals surface area contributed by atoms with Gasteiger partial charge in [0.2, 0.25) is 11.7 Å². The molecule has 1 unspecified atom stereocenters. The predicted octanol–water partition coefficient (Wildman–Crippen LogP) is 3.90. The van der Waals surface area contributed by atoms with Crippen LogP contribution in [0.2, 0.25) is 5.02 Å². The van der Waals surface area contributed by atoms with E-state index < -0.39 is 0 Å². The number of hydrogen-bond donors (Lipinski definition) is 2.